The molecule has 2 aromatic heterocycles. The van der Waals surface area contributed by atoms with E-state index >= 15 is 0 Å². The molecule has 8 nitrogen and oxygen atoms in total. The third kappa shape index (κ3) is 6.76. The molecule has 3 aromatic rings. The molecule has 150 valence electrons. The number of carbonyl (C=O) groups is 1. The first-order valence-corrected chi connectivity index (χ1v) is 9.30. The van der Waals surface area contributed by atoms with Crippen molar-refractivity contribution in [1.82, 2.24) is 20.3 Å². The summed E-state index contributed by atoms with van der Waals surface area (Å²) in [5.74, 6) is 2.51. The van der Waals surface area contributed by atoms with Gasteiger partial charge in [0.05, 0.1) is 0 Å². The van der Waals surface area contributed by atoms with Crippen molar-refractivity contribution >= 4 is 23.4 Å². The smallest absolute Gasteiger partial charge is 0.258 e. The van der Waals surface area contributed by atoms with E-state index < -0.39 is 0 Å². The number of carbonyl (C=O) groups excluding carboxylic acids is 1. The highest BCUT2D eigenvalue weighted by Crippen LogP contribution is 2.15. The number of anilines is 3. The van der Waals surface area contributed by atoms with Crippen molar-refractivity contribution in [3.63, 3.8) is 0 Å². The number of hydrogen-bond acceptors (Lipinski definition) is 7. The fourth-order valence-corrected chi connectivity index (χ4v) is 2.56. The minimum Gasteiger partial charge on any atom is -0.484 e. The third-order valence-electron chi connectivity index (χ3n) is 3.95. The van der Waals surface area contributed by atoms with Crippen LogP contribution in [0.2, 0.25) is 0 Å². The third-order valence-corrected chi connectivity index (χ3v) is 3.95. The zero-order valence-corrected chi connectivity index (χ0v) is 16.5. The number of hydrogen-bond donors (Lipinski definition) is 3. The second-order valence-corrected chi connectivity index (χ2v) is 6.51. The van der Waals surface area contributed by atoms with E-state index in [1.807, 2.05) is 50.2 Å². The number of pyridine rings is 1. The number of amides is 1. The minimum absolute atomic E-state index is 0.0193. The van der Waals surface area contributed by atoms with Crippen molar-refractivity contribution in [3.8, 4) is 5.75 Å². The van der Waals surface area contributed by atoms with Gasteiger partial charge in [0.1, 0.15) is 29.5 Å². The molecular formula is C21H24N6O2. The average molecular weight is 392 g/mol. The summed E-state index contributed by atoms with van der Waals surface area (Å²) in [6, 6.07) is 13.2. The van der Waals surface area contributed by atoms with Gasteiger partial charge in [0.2, 0.25) is 0 Å². The fourth-order valence-electron chi connectivity index (χ4n) is 2.56. The predicted molar refractivity (Wildman–Crippen MR) is 112 cm³/mol. The number of ether oxygens (including phenoxy) is 1. The maximum absolute atomic E-state index is 11.9. The summed E-state index contributed by atoms with van der Waals surface area (Å²) >= 11 is 0. The van der Waals surface area contributed by atoms with Gasteiger partial charge in [0.15, 0.2) is 6.61 Å². The van der Waals surface area contributed by atoms with Crippen LogP contribution in [0.25, 0.3) is 0 Å². The largest absolute Gasteiger partial charge is 0.484 e. The van der Waals surface area contributed by atoms with Crippen molar-refractivity contribution in [1.29, 1.82) is 0 Å². The van der Waals surface area contributed by atoms with Crippen molar-refractivity contribution in [3.05, 3.63) is 66.1 Å². The van der Waals surface area contributed by atoms with Crippen molar-refractivity contribution in [2.45, 2.75) is 13.8 Å². The van der Waals surface area contributed by atoms with Gasteiger partial charge in [-0.05, 0) is 49.2 Å². The number of aryl methyl sites for hydroxylation is 2. The summed E-state index contributed by atoms with van der Waals surface area (Å²) < 4.78 is 5.48. The Bertz CT molecular complexity index is 963. The lowest BCUT2D eigenvalue weighted by Crippen LogP contribution is -2.32. The van der Waals surface area contributed by atoms with Crippen LogP contribution >= 0.6 is 0 Å². The molecule has 0 aliphatic heterocycles. The van der Waals surface area contributed by atoms with Crippen LogP contribution in [0.1, 0.15) is 11.1 Å². The first-order chi connectivity index (χ1) is 14.1. The zero-order chi connectivity index (χ0) is 20.5. The van der Waals surface area contributed by atoms with Gasteiger partial charge in [-0.1, -0.05) is 12.1 Å². The number of nitrogens with one attached hydrogen (secondary N) is 3. The SMILES string of the molecule is Cc1cccc(OCC(=O)NCCNc2cc(Nc3cc(C)ccn3)ncn2)c1. The highest BCUT2D eigenvalue weighted by molar-refractivity contribution is 5.77. The van der Waals surface area contributed by atoms with E-state index in [4.69, 9.17) is 4.74 Å². The van der Waals surface area contributed by atoms with E-state index in [1.54, 1.807) is 12.3 Å². The summed E-state index contributed by atoms with van der Waals surface area (Å²) in [7, 11) is 0. The fraction of sp³-hybridized carbons (Fsp3) is 0.238. The summed E-state index contributed by atoms with van der Waals surface area (Å²) in [4.78, 5) is 24.5. The highest BCUT2D eigenvalue weighted by atomic mass is 16.5. The summed E-state index contributed by atoms with van der Waals surface area (Å²) in [5.41, 5.74) is 2.20. The van der Waals surface area contributed by atoms with Crippen LogP contribution in [-0.2, 0) is 4.79 Å². The van der Waals surface area contributed by atoms with Crippen LogP contribution in [0.15, 0.2) is 55.0 Å². The van der Waals surface area contributed by atoms with Gasteiger partial charge in [-0.25, -0.2) is 15.0 Å². The molecule has 0 spiro atoms. The summed E-state index contributed by atoms with van der Waals surface area (Å²) in [6.45, 7) is 4.93. The first kappa shape index (κ1) is 20.1. The molecule has 0 fully saturated rings. The first-order valence-electron chi connectivity index (χ1n) is 9.30. The number of nitrogens with zero attached hydrogens (tertiary/aromatic N) is 3. The molecule has 0 unspecified atom stereocenters. The molecule has 29 heavy (non-hydrogen) atoms. The van der Waals surface area contributed by atoms with Crippen molar-refractivity contribution < 1.29 is 9.53 Å². The number of aromatic nitrogens is 3. The molecule has 2 heterocycles. The van der Waals surface area contributed by atoms with Gasteiger partial charge < -0.3 is 20.7 Å². The molecule has 1 aromatic carbocycles. The van der Waals surface area contributed by atoms with Gasteiger partial charge in [-0.2, -0.15) is 0 Å². The molecule has 0 aliphatic carbocycles. The molecule has 0 bridgehead atoms. The molecule has 0 saturated heterocycles. The van der Waals surface area contributed by atoms with Crippen LogP contribution < -0.4 is 20.7 Å². The Morgan fingerprint density at radius 2 is 1.72 bits per heavy atom. The van der Waals surface area contributed by atoms with Crippen LogP contribution in [0.4, 0.5) is 17.5 Å². The highest BCUT2D eigenvalue weighted by Gasteiger charge is 2.04. The molecule has 0 saturated carbocycles. The molecule has 0 radical (unpaired) electrons. The lowest BCUT2D eigenvalue weighted by atomic mass is 10.2. The van der Waals surface area contributed by atoms with Crippen LogP contribution in [0.5, 0.6) is 5.75 Å². The molecule has 8 heteroatoms. The molecule has 3 rings (SSSR count). The van der Waals surface area contributed by atoms with Crippen molar-refractivity contribution in [2.75, 3.05) is 30.3 Å². The second-order valence-electron chi connectivity index (χ2n) is 6.51. The van der Waals surface area contributed by atoms with E-state index in [9.17, 15) is 4.79 Å². The lowest BCUT2D eigenvalue weighted by molar-refractivity contribution is -0.123. The van der Waals surface area contributed by atoms with Gasteiger partial charge in [-0.3, -0.25) is 4.79 Å². The maximum Gasteiger partial charge on any atom is 0.258 e. The van der Waals surface area contributed by atoms with Crippen LogP contribution in [-0.4, -0.2) is 40.6 Å². The molecule has 3 N–H and O–H groups in total. The Morgan fingerprint density at radius 3 is 2.55 bits per heavy atom. The quantitative estimate of drug-likeness (QED) is 0.481. The van der Waals surface area contributed by atoms with Crippen LogP contribution in [0, 0.1) is 13.8 Å². The maximum atomic E-state index is 11.9. The average Bonchev–Trinajstić information content (AvgIpc) is 2.70. The Kier molecular flexibility index (Phi) is 6.94. The lowest BCUT2D eigenvalue weighted by Gasteiger charge is -2.10. The van der Waals surface area contributed by atoms with Crippen LogP contribution in [0.3, 0.4) is 0 Å². The minimum atomic E-state index is -0.177. The Labute approximate surface area is 169 Å². The molecular weight excluding hydrogens is 368 g/mol. The zero-order valence-electron chi connectivity index (χ0n) is 16.5. The van der Waals surface area contributed by atoms with Gasteiger partial charge in [0, 0.05) is 25.4 Å². The van der Waals surface area contributed by atoms with E-state index in [-0.39, 0.29) is 12.5 Å². The van der Waals surface area contributed by atoms with Crippen molar-refractivity contribution in [2.24, 2.45) is 0 Å². The Hall–Kier alpha value is -3.68. The topological polar surface area (TPSA) is 101 Å². The van der Waals surface area contributed by atoms with Gasteiger partial charge in [0.25, 0.3) is 5.91 Å². The second kappa shape index (κ2) is 10.0. The van der Waals surface area contributed by atoms with E-state index in [0.29, 0.717) is 30.5 Å². The number of benzene rings is 1. The van der Waals surface area contributed by atoms with Gasteiger partial charge in [-0.15, -0.1) is 0 Å². The normalized spacial score (nSPS) is 10.3. The Balaban J connectivity index is 1.39. The molecule has 1 amide bonds. The summed E-state index contributed by atoms with van der Waals surface area (Å²) in [5, 5.41) is 9.10. The Morgan fingerprint density at radius 1 is 0.931 bits per heavy atom. The molecule has 0 atom stereocenters. The summed E-state index contributed by atoms with van der Waals surface area (Å²) in [6.07, 6.45) is 3.21. The predicted octanol–water partition coefficient (Wildman–Crippen LogP) is 2.84. The van der Waals surface area contributed by atoms with E-state index in [0.717, 1.165) is 16.9 Å². The van der Waals surface area contributed by atoms with E-state index in [2.05, 4.69) is 30.9 Å². The van der Waals surface area contributed by atoms with Gasteiger partial charge >= 0.3 is 0 Å². The monoisotopic (exact) mass is 392 g/mol. The standard InChI is InChI=1S/C21H24N6O2/c1-15-4-3-5-17(10-15)29-13-21(28)24-9-8-23-18-12-20(26-14-25-18)27-19-11-16(2)6-7-22-19/h3-7,10-12,14H,8-9,13H2,1-2H3,(H,24,28)(H2,22,23,25,26,27). The molecule has 0 aliphatic rings. The van der Waals surface area contributed by atoms with E-state index in [1.165, 1.54) is 6.33 Å². The number of rotatable bonds is 9.